The summed E-state index contributed by atoms with van der Waals surface area (Å²) in [4.78, 5) is 23.1. The smallest absolute Gasteiger partial charge is 0.262 e. The van der Waals surface area contributed by atoms with E-state index in [9.17, 15) is 9.59 Å². The van der Waals surface area contributed by atoms with Crippen molar-refractivity contribution < 1.29 is 14.3 Å². The first-order valence-corrected chi connectivity index (χ1v) is 8.73. The Bertz CT molecular complexity index is 745. The lowest BCUT2D eigenvalue weighted by atomic mass is 10.0. The van der Waals surface area contributed by atoms with Gasteiger partial charge in [0.25, 0.3) is 5.91 Å². The second-order valence-electron chi connectivity index (χ2n) is 5.43. The lowest BCUT2D eigenvalue weighted by Gasteiger charge is -2.15. The van der Waals surface area contributed by atoms with Gasteiger partial charge in [0.05, 0.1) is 10.0 Å². The maximum Gasteiger partial charge on any atom is 0.262 e. The van der Waals surface area contributed by atoms with Crippen LogP contribution in [0.2, 0.25) is 10.0 Å². The summed E-state index contributed by atoms with van der Waals surface area (Å²) in [7, 11) is 0. The van der Waals surface area contributed by atoms with Crippen molar-refractivity contribution in [1.29, 1.82) is 0 Å². The third-order valence-corrected chi connectivity index (χ3v) is 4.33. The SMILES string of the molecule is CCc1cccc(CC)c1NC(=O)COc1c(Cl)cc(C=O)cc1Cl. The predicted octanol–water partition coefficient (Wildman–Crippen LogP) is 4.95. The number of amides is 1. The van der Waals surface area contributed by atoms with E-state index in [0.717, 1.165) is 29.7 Å². The number of carbonyl (C=O) groups excluding carboxylic acids is 2. The summed E-state index contributed by atoms with van der Waals surface area (Å²) >= 11 is 12.1. The normalized spacial score (nSPS) is 10.4. The van der Waals surface area contributed by atoms with E-state index in [-0.39, 0.29) is 28.3 Å². The van der Waals surface area contributed by atoms with Gasteiger partial charge in [-0.15, -0.1) is 0 Å². The Morgan fingerprint density at radius 3 is 2.16 bits per heavy atom. The van der Waals surface area contributed by atoms with Gasteiger partial charge in [-0.1, -0.05) is 55.2 Å². The number of nitrogens with one attached hydrogen (secondary N) is 1. The summed E-state index contributed by atoms with van der Waals surface area (Å²) in [5.41, 5.74) is 3.31. The number of aldehydes is 1. The first kappa shape index (κ1) is 19.3. The van der Waals surface area contributed by atoms with Crippen LogP contribution in [0.5, 0.6) is 5.75 Å². The summed E-state index contributed by atoms with van der Waals surface area (Å²) in [6.07, 6.45) is 2.27. The van der Waals surface area contributed by atoms with Gasteiger partial charge in [0.15, 0.2) is 12.4 Å². The number of hydrogen-bond donors (Lipinski definition) is 1. The second kappa shape index (κ2) is 8.88. The molecular weight excluding hydrogens is 361 g/mol. The summed E-state index contributed by atoms with van der Waals surface area (Å²) < 4.78 is 5.46. The van der Waals surface area contributed by atoms with Gasteiger partial charge in [-0.05, 0) is 36.1 Å². The van der Waals surface area contributed by atoms with Gasteiger partial charge in [0, 0.05) is 11.3 Å². The van der Waals surface area contributed by atoms with Gasteiger partial charge in [0.1, 0.15) is 6.29 Å². The number of para-hydroxylation sites is 1. The molecule has 6 heteroatoms. The molecule has 0 aliphatic heterocycles. The highest BCUT2D eigenvalue weighted by atomic mass is 35.5. The molecule has 2 aromatic rings. The van der Waals surface area contributed by atoms with Crippen LogP contribution in [-0.2, 0) is 17.6 Å². The van der Waals surface area contributed by atoms with E-state index in [0.29, 0.717) is 11.8 Å². The number of halogens is 2. The zero-order valence-corrected chi connectivity index (χ0v) is 15.6. The molecule has 0 radical (unpaired) electrons. The minimum absolute atomic E-state index is 0.184. The van der Waals surface area contributed by atoms with E-state index in [1.54, 1.807) is 0 Å². The second-order valence-corrected chi connectivity index (χ2v) is 6.24. The Morgan fingerprint density at radius 2 is 1.68 bits per heavy atom. The fourth-order valence-corrected chi connectivity index (χ4v) is 3.11. The van der Waals surface area contributed by atoms with Gasteiger partial charge >= 0.3 is 0 Å². The van der Waals surface area contributed by atoms with Gasteiger partial charge in [-0.3, -0.25) is 9.59 Å². The van der Waals surface area contributed by atoms with Crippen LogP contribution in [0.3, 0.4) is 0 Å². The first-order chi connectivity index (χ1) is 12.0. The van der Waals surface area contributed by atoms with E-state index in [1.807, 2.05) is 32.0 Å². The van der Waals surface area contributed by atoms with Gasteiger partial charge in [0.2, 0.25) is 0 Å². The topological polar surface area (TPSA) is 55.4 Å². The van der Waals surface area contributed by atoms with Crippen molar-refractivity contribution in [2.45, 2.75) is 26.7 Å². The van der Waals surface area contributed by atoms with E-state index in [2.05, 4.69) is 5.32 Å². The van der Waals surface area contributed by atoms with Crippen molar-refractivity contribution in [3.63, 3.8) is 0 Å². The third kappa shape index (κ3) is 4.74. The average Bonchev–Trinajstić information content (AvgIpc) is 2.60. The van der Waals surface area contributed by atoms with Crippen molar-refractivity contribution in [1.82, 2.24) is 0 Å². The van der Waals surface area contributed by atoms with E-state index in [1.165, 1.54) is 12.1 Å². The first-order valence-electron chi connectivity index (χ1n) is 7.97. The Hall–Kier alpha value is -2.04. The standard InChI is InChI=1S/C19H19Cl2NO3/c1-3-13-6-5-7-14(4-2)18(13)22-17(24)11-25-19-15(20)8-12(10-23)9-16(19)21/h5-10H,3-4,11H2,1-2H3,(H,22,24). The molecule has 1 N–H and O–H groups in total. The van der Waals surface area contributed by atoms with Crippen molar-refractivity contribution in [2.24, 2.45) is 0 Å². The Labute approximate surface area is 157 Å². The zero-order chi connectivity index (χ0) is 18.4. The highest BCUT2D eigenvalue weighted by molar-refractivity contribution is 6.37. The lowest BCUT2D eigenvalue weighted by molar-refractivity contribution is -0.118. The summed E-state index contributed by atoms with van der Waals surface area (Å²) in [5, 5.41) is 3.28. The maximum absolute atomic E-state index is 12.3. The molecule has 0 unspecified atom stereocenters. The predicted molar refractivity (Wildman–Crippen MR) is 101 cm³/mol. The minimum atomic E-state index is -0.304. The summed E-state index contributed by atoms with van der Waals surface area (Å²) in [5.74, 6) is -0.120. The summed E-state index contributed by atoms with van der Waals surface area (Å²) in [6, 6.07) is 8.84. The minimum Gasteiger partial charge on any atom is -0.481 e. The molecule has 0 atom stereocenters. The number of benzene rings is 2. The molecule has 0 saturated carbocycles. The number of carbonyl (C=O) groups is 2. The molecule has 25 heavy (non-hydrogen) atoms. The molecule has 0 spiro atoms. The number of ether oxygens (including phenoxy) is 1. The Morgan fingerprint density at radius 1 is 1.12 bits per heavy atom. The van der Waals surface area contributed by atoms with E-state index < -0.39 is 0 Å². The van der Waals surface area contributed by atoms with E-state index >= 15 is 0 Å². The molecule has 2 rings (SSSR count). The van der Waals surface area contributed by atoms with Crippen LogP contribution >= 0.6 is 23.2 Å². The maximum atomic E-state index is 12.3. The molecule has 0 heterocycles. The quantitative estimate of drug-likeness (QED) is 0.692. The van der Waals surface area contributed by atoms with Crippen LogP contribution < -0.4 is 10.1 Å². The zero-order valence-electron chi connectivity index (χ0n) is 14.1. The Kier molecular flexibility index (Phi) is 6.85. The van der Waals surface area contributed by atoms with Crippen molar-refractivity contribution in [3.8, 4) is 5.75 Å². The molecule has 1 amide bonds. The van der Waals surface area contributed by atoms with E-state index in [4.69, 9.17) is 27.9 Å². The van der Waals surface area contributed by atoms with Crippen molar-refractivity contribution in [2.75, 3.05) is 11.9 Å². The highest BCUT2D eigenvalue weighted by Crippen LogP contribution is 2.34. The molecule has 0 fully saturated rings. The molecule has 0 aliphatic carbocycles. The van der Waals surface area contributed by atoms with Crippen LogP contribution in [-0.4, -0.2) is 18.8 Å². The fraction of sp³-hybridized carbons (Fsp3) is 0.263. The van der Waals surface area contributed by atoms with Gasteiger partial charge in [-0.25, -0.2) is 0 Å². The van der Waals surface area contributed by atoms with Crippen LogP contribution in [0, 0.1) is 0 Å². The fourth-order valence-electron chi connectivity index (χ4n) is 2.50. The van der Waals surface area contributed by atoms with Gasteiger partial charge in [-0.2, -0.15) is 0 Å². The lowest BCUT2D eigenvalue weighted by Crippen LogP contribution is -2.22. The third-order valence-electron chi connectivity index (χ3n) is 3.77. The molecule has 0 saturated heterocycles. The van der Waals surface area contributed by atoms with Crippen molar-refractivity contribution in [3.05, 3.63) is 57.1 Å². The largest absolute Gasteiger partial charge is 0.481 e. The van der Waals surface area contributed by atoms with Crippen LogP contribution in [0.1, 0.15) is 35.3 Å². The number of anilines is 1. The Balaban J connectivity index is 2.11. The number of rotatable bonds is 7. The molecule has 0 aromatic heterocycles. The van der Waals surface area contributed by atoms with Crippen molar-refractivity contribution >= 4 is 41.1 Å². The molecule has 132 valence electrons. The number of aryl methyl sites for hydroxylation is 2. The molecule has 0 bridgehead atoms. The monoisotopic (exact) mass is 379 g/mol. The summed E-state index contributed by atoms with van der Waals surface area (Å²) in [6.45, 7) is 3.84. The van der Waals surface area contributed by atoms with Gasteiger partial charge < -0.3 is 10.1 Å². The molecular formula is C19H19Cl2NO3. The van der Waals surface area contributed by atoms with Crippen LogP contribution in [0.4, 0.5) is 5.69 Å². The number of hydrogen-bond acceptors (Lipinski definition) is 3. The highest BCUT2D eigenvalue weighted by Gasteiger charge is 2.14. The molecule has 0 aliphatic rings. The molecule has 4 nitrogen and oxygen atoms in total. The van der Waals surface area contributed by atoms with Crippen LogP contribution in [0.25, 0.3) is 0 Å². The molecule has 2 aromatic carbocycles. The van der Waals surface area contributed by atoms with Crippen LogP contribution in [0.15, 0.2) is 30.3 Å². The average molecular weight is 380 g/mol.